The third-order valence-electron chi connectivity index (χ3n) is 2.42. The van der Waals surface area contributed by atoms with Gasteiger partial charge in [-0.1, -0.05) is 18.2 Å². The normalized spacial score (nSPS) is 12.8. The molecule has 0 spiro atoms. The van der Waals surface area contributed by atoms with Crippen LogP contribution in [0.25, 0.3) is 0 Å². The molecule has 1 atom stereocenters. The molecule has 3 nitrogen and oxygen atoms in total. The van der Waals surface area contributed by atoms with Gasteiger partial charge in [-0.05, 0) is 49.5 Å². The van der Waals surface area contributed by atoms with E-state index in [4.69, 9.17) is 11.5 Å². The van der Waals surface area contributed by atoms with E-state index in [2.05, 4.69) is 6.07 Å². The van der Waals surface area contributed by atoms with Crippen molar-refractivity contribution in [2.75, 3.05) is 13.1 Å². The first kappa shape index (κ1) is 12.2. The van der Waals surface area contributed by atoms with Crippen LogP contribution in [0, 0.1) is 0 Å². The van der Waals surface area contributed by atoms with E-state index in [0.29, 0.717) is 13.1 Å². The molecule has 1 rings (SSSR count). The highest BCUT2D eigenvalue weighted by Crippen LogP contribution is 2.17. The molecule has 15 heavy (non-hydrogen) atoms. The number of rotatable bonds is 5. The number of aliphatic hydroxyl groups excluding tert-OH is 1. The summed E-state index contributed by atoms with van der Waals surface area (Å²) in [6.07, 6.45) is 1.26. The van der Waals surface area contributed by atoms with Crippen LogP contribution >= 0.6 is 0 Å². The van der Waals surface area contributed by atoms with Gasteiger partial charge in [-0.15, -0.1) is 0 Å². The minimum atomic E-state index is -0.431. The van der Waals surface area contributed by atoms with E-state index in [1.54, 1.807) is 6.92 Å². The number of hydrogen-bond donors (Lipinski definition) is 3. The van der Waals surface area contributed by atoms with E-state index in [-0.39, 0.29) is 0 Å². The molecule has 5 N–H and O–H groups in total. The van der Waals surface area contributed by atoms with Crippen molar-refractivity contribution in [3.63, 3.8) is 0 Å². The summed E-state index contributed by atoms with van der Waals surface area (Å²) < 4.78 is 0. The lowest BCUT2D eigenvalue weighted by Gasteiger charge is -2.10. The van der Waals surface area contributed by atoms with Crippen molar-refractivity contribution in [2.45, 2.75) is 25.9 Å². The average molecular weight is 208 g/mol. The van der Waals surface area contributed by atoms with Gasteiger partial charge in [0, 0.05) is 0 Å². The molecule has 3 heteroatoms. The highest BCUT2D eigenvalue weighted by molar-refractivity contribution is 5.31. The maximum Gasteiger partial charge on any atom is 0.0762 e. The Hall–Kier alpha value is -0.900. The number of nitrogens with two attached hydrogens (primary N) is 2. The number of hydrogen-bond acceptors (Lipinski definition) is 3. The third-order valence-corrected chi connectivity index (χ3v) is 2.42. The molecule has 0 heterocycles. The molecule has 0 saturated carbocycles. The molecule has 0 aliphatic rings. The van der Waals surface area contributed by atoms with Crippen LogP contribution in [-0.4, -0.2) is 18.2 Å². The summed E-state index contributed by atoms with van der Waals surface area (Å²) in [5.74, 6) is 0. The fourth-order valence-electron chi connectivity index (χ4n) is 1.65. The largest absolute Gasteiger partial charge is 0.389 e. The van der Waals surface area contributed by atoms with E-state index >= 15 is 0 Å². The summed E-state index contributed by atoms with van der Waals surface area (Å²) in [4.78, 5) is 0. The lowest BCUT2D eigenvalue weighted by molar-refractivity contribution is 0.199. The Labute approximate surface area is 91.1 Å². The zero-order valence-corrected chi connectivity index (χ0v) is 9.24. The van der Waals surface area contributed by atoms with Crippen molar-refractivity contribution in [1.82, 2.24) is 0 Å². The zero-order valence-electron chi connectivity index (χ0n) is 9.24. The number of benzene rings is 1. The molecule has 0 radical (unpaired) electrons. The predicted octanol–water partition coefficient (Wildman–Crippen LogP) is 0.742. The lowest BCUT2D eigenvalue weighted by Crippen LogP contribution is -2.07. The molecular weight excluding hydrogens is 188 g/mol. The van der Waals surface area contributed by atoms with Gasteiger partial charge in [0.25, 0.3) is 0 Å². The van der Waals surface area contributed by atoms with Gasteiger partial charge < -0.3 is 16.6 Å². The maximum absolute atomic E-state index is 9.55. The molecular formula is C12H20N2O. The summed E-state index contributed by atoms with van der Waals surface area (Å²) in [5, 5.41) is 9.55. The van der Waals surface area contributed by atoms with Crippen LogP contribution in [0.1, 0.15) is 29.7 Å². The highest BCUT2D eigenvalue weighted by atomic mass is 16.3. The van der Waals surface area contributed by atoms with Gasteiger partial charge in [0.1, 0.15) is 0 Å². The molecule has 0 aliphatic carbocycles. The fourth-order valence-corrected chi connectivity index (χ4v) is 1.65. The van der Waals surface area contributed by atoms with Crippen LogP contribution < -0.4 is 11.5 Å². The molecule has 0 amide bonds. The topological polar surface area (TPSA) is 72.3 Å². The monoisotopic (exact) mass is 208 g/mol. The molecule has 0 aliphatic heterocycles. The van der Waals surface area contributed by atoms with Crippen molar-refractivity contribution in [2.24, 2.45) is 11.5 Å². The van der Waals surface area contributed by atoms with E-state index < -0.39 is 6.10 Å². The van der Waals surface area contributed by atoms with Gasteiger partial charge in [-0.25, -0.2) is 0 Å². The van der Waals surface area contributed by atoms with Gasteiger partial charge in [-0.3, -0.25) is 0 Å². The Bertz CT molecular complexity index is 286. The van der Waals surface area contributed by atoms with Crippen LogP contribution in [0.15, 0.2) is 18.2 Å². The second-order valence-electron chi connectivity index (χ2n) is 3.84. The minimum Gasteiger partial charge on any atom is -0.389 e. The summed E-state index contributed by atoms with van der Waals surface area (Å²) in [6, 6.07) is 6.14. The van der Waals surface area contributed by atoms with Crippen molar-refractivity contribution in [1.29, 1.82) is 0 Å². The van der Waals surface area contributed by atoms with Gasteiger partial charge in [0.05, 0.1) is 6.10 Å². The molecule has 0 bridgehead atoms. The van der Waals surface area contributed by atoms with Crippen molar-refractivity contribution >= 4 is 0 Å². The molecule has 0 fully saturated rings. The Morgan fingerprint density at radius 2 is 1.53 bits per heavy atom. The van der Waals surface area contributed by atoms with Crippen LogP contribution in [0.2, 0.25) is 0 Å². The average Bonchev–Trinajstić information content (AvgIpc) is 2.18. The molecule has 0 aromatic heterocycles. The van der Waals surface area contributed by atoms with Crippen molar-refractivity contribution in [3.8, 4) is 0 Å². The van der Waals surface area contributed by atoms with Crippen LogP contribution in [-0.2, 0) is 12.8 Å². The molecule has 1 aromatic carbocycles. The van der Waals surface area contributed by atoms with E-state index in [1.165, 1.54) is 11.1 Å². The Balaban J connectivity index is 2.97. The molecule has 84 valence electrons. The van der Waals surface area contributed by atoms with Crippen LogP contribution in [0.4, 0.5) is 0 Å². The zero-order chi connectivity index (χ0) is 11.3. The van der Waals surface area contributed by atoms with E-state index in [1.807, 2.05) is 12.1 Å². The van der Waals surface area contributed by atoms with E-state index in [0.717, 1.165) is 18.4 Å². The third kappa shape index (κ3) is 3.63. The van der Waals surface area contributed by atoms with Gasteiger partial charge >= 0.3 is 0 Å². The van der Waals surface area contributed by atoms with Crippen molar-refractivity contribution in [3.05, 3.63) is 34.9 Å². The number of aliphatic hydroxyl groups is 1. The summed E-state index contributed by atoms with van der Waals surface area (Å²) >= 11 is 0. The predicted molar refractivity (Wildman–Crippen MR) is 62.6 cm³/mol. The molecule has 0 saturated heterocycles. The lowest BCUT2D eigenvalue weighted by atomic mass is 9.99. The summed E-state index contributed by atoms with van der Waals surface area (Å²) in [7, 11) is 0. The highest BCUT2D eigenvalue weighted by Gasteiger charge is 2.04. The molecule has 1 unspecified atom stereocenters. The Morgan fingerprint density at radius 1 is 1.07 bits per heavy atom. The molecule has 1 aromatic rings. The SMILES string of the molecule is CC(O)c1cc(CCN)cc(CCN)c1. The van der Waals surface area contributed by atoms with Crippen LogP contribution in [0.3, 0.4) is 0 Å². The summed E-state index contributed by atoms with van der Waals surface area (Å²) in [6.45, 7) is 3.03. The maximum atomic E-state index is 9.55. The quantitative estimate of drug-likeness (QED) is 0.668. The minimum absolute atomic E-state index is 0.431. The Morgan fingerprint density at radius 3 is 1.87 bits per heavy atom. The van der Waals surface area contributed by atoms with E-state index in [9.17, 15) is 5.11 Å². The fraction of sp³-hybridized carbons (Fsp3) is 0.500. The van der Waals surface area contributed by atoms with Gasteiger partial charge in [0.2, 0.25) is 0 Å². The second kappa shape index (κ2) is 5.85. The smallest absolute Gasteiger partial charge is 0.0762 e. The first-order valence-electron chi connectivity index (χ1n) is 5.38. The van der Waals surface area contributed by atoms with Crippen molar-refractivity contribution < 1.29 is 5.11 Å². The van der Waals surface area contributed by atoms with Gasteiger partial charge in [0.15, 0.2) is 0 Å². The Kier molecular flexibility index (Phi) is 4.75. The second-order valence-corrected chi connectivity index (χ2v) is 3.84. The summed E-state index contributed by atoms with van der Waals surface area (Å²) in [5.41, 5.74) is 14.4. The van der Waals surface area contributed by atoms with Gasteiger partial charge in [-0.2, -0.15) is 0 Å². The first-order valence-corrected chi connectivity index (χ1v) is 5.38. The van der Waals surface area contributed by atoms with Crippen LogP contribution in [0.5, 0.6) is 0 Å². The standard InChI is InChI=1S/C12H20N2O/c1-9(15)12-7-10(2-4-13)6-11(8-12)3-5-14/h6-9,15H,2-5,13-14H2,1H3. The first-order chi connectivity index (χ1) is 7.17.